The summed E-state index contributed by atoms with van der Waals surface area (Å²) < 4.78 is 5.68. The zero-order valence-corrected chi connectivity index (χ0v) is 12.3. The molecule has 0 saturated carbocycles. The van der Waals surface area contributed by atoms with E-state index in [-0.39, 0.29) is 6.04 Å². The molecule has 2 aromatic rings. The van der Waals surface area contributed by atoms with Gasteiger partial charge in [0.1, 0.15) is 5.75 Å². The molecule has 1 aromatic heterocycles. The molecule has 0 bridgehead atoms. The first-order valence-corrected chi connectivity index (χ1v) is 7.20. The number of rotatable bonds is 3. The average molecular weight is 309 g/mol. The molecule has 2 heterocycles. The first-order valence-electron chi connectivity index (χ1n) is 6.44. The molecule has 2 N–H and O–H groups in total. The van der Waals surface area contributed by atoms with Gasteiger partial charge in [-0.2, -0.15) is 0 Å². The molecule has 0 fully saturated rings. The van der Waals surface area contributed by atoms with Crippen LogP contribution in [0.3, 0.4) is 0 Å². The van der Waals surface area contributed by atoms with Crippen LogP contribution in [0.2, 0.25) is 10.0 Å². The van der Waals surface area contributed by atoms with Gasteiger partial charge in [-0.1, -0.05) is 23.2 Å². The molecular weight excluding hydrogens is 295 g/mol. The third-order valence-electron chi connectivity index (χ3n) is 3.40. The Kier molecular flexibility index (Phi) is 3.83. The number of nitrogens with two attached hydrogens (primary N) is 1. The second kappa shape index (κ2) is 5.60. The van der Waals surface area contributed by atoms with Gasteiger partial charge in [-0.25, -0.2) is 0 Å². The quantitative estimate of drug-likeness (QED) is 0.943. The summed E-state index contributed by atoms with van der Waals surface area (Å²) in [5, 5.41) is 1.33. The third kappa shape index (κ3) is 2.75. The van der Waals surface area contributed by atoms with Gasteiger partial charge in [-0.05, 0) is 41.8 Å². The minimum absolute atomic E-state index is 0.209. The van der Waals surface area contributed by atoms with Gasteiger partial charge in [0.25, 0.3) is 0 Å². The van der Waals surface area contributed by atoms with Crippen LogP contribution in [0, 0.1) is 0 Å². The Balaban J connectivity index is 1.86. The molecule has 0 amide bonds. The Morgan fingerprint density at radius 2 is 2.10 bits per heavy atom. The Hall–Kier alpha value is -1.29. The van der Waals surface area contributed by atoms with Gasteiger partial charge in [0, 0.05) is 17.6 Å². The molecular formula is C15H14Cl2N2O. The van der Waals surface area contributed by atoms with Crippen LogP contribution in [-0.2, 0) is 12.8 Å². The number of halogens is 2. The third-order valence-corrected chi connectivity index (χ3v) is 3.84. The molecule has 1 aliphatic rings. The smallest absolute Gasteiger partial charge is 0.125 e. The molecule has 5 heteroatoms. The fraction of sp³-hybridized carbons (Fsp3) is 0.267. The summed E-state index contributed by atoms with van der Waals surface area (Å²) in [5.41, 5.74) is 9.22. The van der Waals surface area contributed by atoms with E-state index in [0.717, 1.165) is 34.0 Å². The van der Waals surface area contributed by atoms with Crippen molar-refractivity contribution in [2.75, 3.05) is 6.61 Å². The monoisotopic (exact) mass is 308 g/mol. The Morgan fingerprint density at radius 3 is 2.85 bits per heavy atom. The summed E-state index contributed by atoms with van der Waals surface area (Å²) in [5.74, 6) is 0.929. The van der Waals surface area contributed by atoms with Crippen molar-refractivity contribution >= 4 is 23.2 Å². The van der Waals surface area contributed by atoms with Crippen LogP contribution in [0.25, 0.3) is 0 Å². The minimum Gasteiger partial charge on any atom is -0.493 e. The van der Waals surface area contributed by atoms with E-state index in [1.165, 1.54) is 0 Å². The largest absolute Gasteiger partial charge is 0.493 e. The van der Waals surface area contributed by atoms with Crippen LogP contribution in [0.15, 0.2) is 30.5 Å². The molecule has 20 heavy (non-hydrogen) atoms. The number of hydrogen-bond donors (Lipinski definition) is 1. The summed E-state index contributed by atoms with van der Waals surface area (Å²) in [6.07, 6.45) is 3.14. The van der Waals surface area contributed by atoms with Gasteiger partial charge in [0.2, 0.25) is 0 Å². The van der Waals surface area contributed by atoms with Gasteiger partial charge in [-0.15, -0.1) is 0 Å². The van der Waals surface area contributed by atoms with Crippen molar-refractivity contribution in [2.24, 2.45) is 5.73 Å². The first kappa shape index (κ1) is 13.7. The molecule has 0 radical (unpaired) electrons. The van der Waals surface area contributed by atoms with Crippen LogP contribution >= 0.6 is 23.2 Å². The van der Waals surface area contributed by atoms with Crippen molar-refractivity contribution in [2.45, 2.75) is 18.9 Å². The van der Waals surface area contributed by atoms with E-state index in [4.69, 9.17) is 33.7 Å². The SMILES string of the molecule is NC(Cc1cc(Cl)cc2c1OCC2)c1ccc(Cl)cn1. The van der Waals surface area contributed by atoms with Gasteiger partial charge in [-0.3, -0.25) is 4.98 Å². The van der Waals surface area contributed by atoms with Crippen LogP contribution in [-0.4, -0.2) is 11.6 Å². The zero-order valence-electron chi connectivity index (χ0n) is 10.8. The van der Waals surface area contributed by atoms with E-state index in [0.29, 0.717) is 18.1 Å². The maximum absolute atomic E-state index is 6.22. The molecule has 0 spiro atoms. The van der Waals surface area contributed by atoms with E-state index >= 15 is 0 Å². The normalized spacial score (nSPS) is 14.8. The van der Waals surface area contributed by atoms with Crippen molar-refractivity contribution in [3.05, 3.63) is 57.3 Å². The second-order valence-electron chi connectivity index (χ2n) is 4.86. The van der Waals surface area contributed by atoms with E-state index in [1.807, 2.05) is 18.2 Å². The number of aromatic nitrogens is 1. The fourth-order valence-corrected chi connectivity index (χ4v) is 2.82. The predicted octanol–water partition coefficient (Wildman–Crippen LogP) is 3.57. The number of benzene rings is 1. The van der Waals surface area contributed by atoms with E-state index in [2.05, 4.69) is 4.98 Å². The molecule has 1 aliphatic heterocycles. The van der Waals surface area contributed by atoms with Crippen molar-refractivity contribution in [3.63, 3.8) is 0 Å². The van der Waals surface area contributed by atoms with E-state index < -0.39 is 0 Å². The Morgan fingerprint density at radius 1 is 1.25 bits per heavy atom. The van der Waals surface area contributed by atoms with Crippen LogP contribution in [0.1, 0.15) is 22.9 Å². The number of fused-ring (bicyclic) bond motifs is 1. The number of pyridine rings is 1. The average Bonchev–Trinajstić information content (AvgIpc) is 2.87. The van der Waals surface area contributed by atoms with Gasteiger partial charge < -0.3 is 10.5 Å². The summed E-state index contributed by atoms with van der Waals surface area (Å²) >= 11 is 12.0. The molecule has 1 aromatic carbocycles. The standard InChI is InChI=1S/C15H14Cl2N2O/c16-11-1-2-14(19-8-11)13(18)7-10-6-12(17)5-9-3-4-20-15(9)10/h1-2,5-6,8,13H,3-4,7,18H2. The van der Waals surface area contributed by atoms with Crippen molar-refractivity contribution < 1.29 is 4.74 Å². The zero-order chi connectivity index (χ0) is 14.1. The highest BCUT2D eigenvalue weighted by molar-refractivity contribution is 6.31. The summed E-state index contributed by atoms with van der Waals surface area (Å²) in [7, 11) is 0. The lowest BCUT2D eigenvalue weighted by molar-refractivity contribution is 0.352. The Bertz CT molecular complexity index is 629. The van der Waals surface area contributed by atoms with Gasteiger partial charge in [0.15, 0.2) is 0 Å². The molecule has 3 nitrogen and oxygen atoms in total. The van der Waals surface area contributed by atoms with Crippen molar-refractivity contribution in [1.82, 2.24) is 4.98 Å². The molecule has 0 aliphatic carbocycles. The van der Waals surface area contributed by atoms with E-state index in [9.17, 15) is 0 Å². The van der Waals surface area contributed by atoms with Gasteiger partial charge in [0.05, 0.1) is 23.4 Å². The molecule has 1 unspecified atom stereocenters. The fourth-order valence-electron chi connectivity index (χ4n) is 2.45. The highest BCUT2D eigenvalue weighted by atomic mass is 35.5. The maximum atomic E-state index is 6.22. The Labute approximate surface area is 127 Å². The highest BCUT2D eigenvalue weighted by Crippen LogP contribution is 2.34. The first-order chi connectivity index (χ1) is 9.63. The summed E-state index contributed by atoms with van der Waals surface area (Å²) in [4.78, 5) is 4.26. The molecule has 3 rings (SSSR count). The predicted molar refractivity (Wildman–Crippen MR) is 80.5 cm³/mol. The number of hydrogen-bond acceptors (Lipinski definition) is 3. The number of ether oxygens (including phenoxy) is 1. The molecule has 1 atom stereocenters. The number of nitrogens with zero attached hydrogens (tertiary/aromatic N) is 1. The molecule has 104 valence electrons. The van der Waals surface area contributed by atoms with Crippen LogP contribution < -0.4 is 10.5 Å². The highest BCUT2D eigenvalue weighted by Gasteiger charge is 2.20. The van der Waals surface area contributed by atoms with Crippen LogP contribution in [0.4, 0.5) is 0 Å². The minimum atomic E-state index is -0.209. The van der Waals surface area contributed by atoms with Crippen molar-refractivity contribution in [3.8, 4) is 5.75 Å². The molecule has 0 saturated heterocycles. The topological polar surface area (TPSA) is 48.1 Å². The lowest BCUT2D eigenvalue weighted by Gasteiger charge is -2.14. The summed E-state index contributed by atoms with van der Waals surface area (Å²) in [6, 6.07) is 7.31. The lowest BCUT2D eigenvalue weighted by Crippen LogP contribution is -2.15. The van der Waals surface area contributed by atoms with E-state index in [1.54, 1.807) is 12.3 Å². The van der Waals surface area contributed by atoms with Crippen molar-refractivity contribution in [1.29, 1.82) is 0 Å². The lowest BCUT2D eigenvalue weighted by atomic mass is 10.00. The van der Waals surface area contributed by atoms with Gasteiger partial charge >= 0.3 is 0 Å². The second-order valence-corrected chi connectivity index (χ2v) is 5.74. The maximum Gasteiger partial charge on any atom is 0.125 e. The summed E-state index contributed by atoms with van der Waals surface area (Å²) in [6.45, 7) is 0.705. The van der Waals surface area contributed by atoms with Crippen LogP contribution in [0.5, 0.6) is 5.75 Å².